The van der Waals surface area contributed by atoms with Gasteiger partial charge in [0.05, 0.1) is 17.8 Å². The van der Waals surface area contributed by atoms with Crippen LogP contribution in [0.25, 0.3) is 11.2 Å². The molecule has 2 atom stereocenters. The van der Waals surface area contributed by atoms with Gasteiger partial charge in [0.25, 0.3) is 5.56 Å². The van der Waals surface area contributed by atoms with Gasteiger partial charge >= 0.3 is 6.18 Å². The monoisotopic (exact) mass is 455 g/mol. The Morgan fingerprint density at radius 2 is 2.03 bits per heavy atom. The van der Waals surface area contributed by atoms with Gasteiger partial charge in [0.15, 0.2) is 17.0 Å². The van der Waals surface area contributed by atoms with Gasteiger partial charge in [-0.05, 0) is 23.8 Å². The zero-order chi connectivity index (χ0) is 22.9. The Morgan fingerprint density at radius 3 is 2.79 bits per heavy atom. The van der Waals surface area contributed by atoms with Crippen LogP contribution < -0.4 is 10.5 Å². The fraction of sp³-hybridized carbons (Fsp3) is 0.286. The molecule has 4 heterocycles. The molecule has 1 saturated carbocycles. The highest BCUT2D eigenvalue weighted by molar-refractivity contribution is 5.68. The summed E-state index contributed by atoms with van der Waals surface area (Å²) in [5.74, 6) is 0.877. The van der Waals surface area contributed by atoms with Gasteiger partial charge in [0.1, 0.15) is 12.9 Å². The smallest absolute Gasteiger partial charge is 0.347 e. The fourth-order valence-electron chi connectivity index (χ4n) is 4.33. The van der Waals surface area contributed by atoms with Crippen LogP contribution in [0, 0.1) is 5.92 Å². The van der Waals surface area contributed by atoms with Crippen LogP contribution in [0.5, 0.6) is 0 Å². The summed E-state index contributed by atoms with van der Waals surface area (Å²) in [6.07, 6.45) is 0.388. The number of hydrogen-bond acceptors (Lipinski definition) is 7. The summed E-state index contributed by atoms with van der Waals surface area (Å²) in [6.45, 7) is 0.623. The molecule has 0 spiro atoms. The molecule has 0 N–H and O–H groups in total. The third kappa shape index (κ3) is 3.20. The zero-order valence-electron chi connectivity index (χ0n) is 17.2. The van der Waals surface area contributed by atoms with Crippen LogP contribution in [0.15, 0.2) is 58.0 Å². The normalized spacial score (nSPS) is 19.8. The van der Waals surface area contributed by atoms with E-state index in [2.05, 4.69) is 20.1 Å². The molecule has 168 valence electrons. The number of benzene rings is 1. The van der Waals surface area contributed by atoms with E-state index in [1.54, 1.807) is 22.6 Å². The highest BCUT2D eigenvalue weighted by Gasteiger charge is 2.52. The molecule has 1 aliphatic carbocycles. The lowest BCUT2D eigenvalue weighted by molar-refractivity contribution is -0.137. The van der Waals surface area contributed by atoms with Crippen LogP contribution in [0.1, 0.15) is 23.2 Å². The molecule has 1 fully saturated rings. The number of nitrogens with zero attached hydrogens (tertiary/aromatic N) is 7. The van der Waals surface area contributed by atoms with Crippen molar-refractivity contribution in [3.8, 4) is 0 Å². The van der Waals surface area contributed by atoms with Crippen molar-refractivity contribution >= 4 is 16.9 Å². The SMILES string of the molecule is Cn1cnc2ncn(Cc3nc([C@H]4C5=CN(c6cccc(C(F)(F)F)c6)C[C@@H]54)no3)c(=O)c21. The Morgan fingerprint density at radius 1 is 1.21 bits per heavy atom. The number of rotatable bonds is 4. The van der Waals surface area contributed by atoms with Gasteiger partial charge < -0.3 is 14.0 Å². The Labute approximate surface area is 183 Å². The number of aromatic nitrogens is 6. The van der Waals surface area contributed by atoms with E-state index in [-0.39, 0.29) is 29.8 Å². The van der Waals surface area contributed by atoms with Crippen molar-refractivity contribution in [2.24, 2.45) is 13.0 Å². The quantitative estimate of drug-likeness (QED) is 0.467. The average Bonchev–Trinajstić information content (AvgIpc) is 3.20. The molecular formula is C21H16F3N7O2. The minimum Gasteiger partial charge on any atom is -0.347 e. The van der Waals surface area contributed by atoms with Crippen molar-refractivity contribution in [1.29, 1.82) is 0 Å². The number of anilines is 1. The van der Waals surface area contributed by atoms with E-state index in [9.17, 15) is 18.0 Å². The Bertz CT molecular complexity index is 1480. The van der Waals surface area contributed by atoms with E-state index in [1.165, 1.54) is 23.3 Å². The van der Waals surface area contributed by atoms with Gasteiger partial charge in [0.2, 0.25) is 5.89 Å². The number of halogens is 3. The lowest BCUT2D eigenvalue weighted by Gasteiger charge is -2.19. The molecule has 0 amide bonds. The van der Waals surface area contributed by atoms with Crippen LogP contribution in [0.2, 0.25) is 0 Å². The molecule has 1 aliphatic heterocycles. The maximum Gasteiger partial charge on any atom is 0.416 e. The minimum atomic E-state index is -4.38. The van der Waals surface area contributed by atoms with Crippen molar-refractivity contribution in [2.75, 3.05) is 11.4 Å². The summed E-state index contributed by atoms with van der Waals surface area (Å²) in [5, 5.41) is 4.05. The van der Waals surface area contributed by atoms with E-state index in [0.29, 0.717) is 29.2 Å². The predicted octanol–water partition coefficient (Wildman–Crippen LogP) is 2.70. The summed E-state index contributed by atoms with van der Waals surface area (Å²) in [5.41, 5.74) is 1.36. The number of fused-ring (bicyclic) bond motifs is 2. The summed E-state index contributed by atoms with van der Waals surface area (Å²) in [4.78, 5) is 27.1. The number of imidazole rings is 1. The molecule has 0 radical (unpaired) electrons. The Kier molecular flexibility index (Phi) is 4.04. The van der Waals surface area contributed by atoms with Gasteiger partial charge in [-0.1, -0.05) is 11.2 Å². The highest BCUT2D eigenvalue weighted by atomic mass is 19.4. The molecule has 0 bridgehead atoms. The third-order valence-electron chi connectivity index (χ3n) is 6.05. The molecule has 0 saturated heterocycles. The van der Waals surface area contributed by atoms with E-state index in [0.717, 1.165) is 17.7 Å². The standard InChI is InChI=1S/C21H16F3N7O2/c1-29-9-25-19-17(29)20(32)31(10-26-19)8-15-27-18(28-33-15)16-13-6-30(7-14(13)16)12-4-2-3-11(5-12)21(22,23)24/h2-6,9-10,14,16H,7-8H2,1H3/t14-,16-/m0/s1. The van der Waals surface area contributed by atoms with Gasteiger partial charge in [-0.3, -0.25) is 9.36 Å². The number of alkyl halides is 3. The Hall–Kier alpha value is -3.96. The van der Waals surface area contributed by atoms with E-state index in [4.69, 9.17) is 4.52 Å². The van der Waals surface area contributed by atoms with Gasteiger partial charge in [-0.2, -0.15) is 18.2 Å². The van der Waals surface area contributed by atoms with Crippen molar-refractivity contribution in [1.82, 2.24) is 29.2 Å². The predicted molar refractivity (Wildman–Crippen MR) is 109 cm³/mol. The molecule has 6 rings (SSSR count). The zero-order valence-corrected chi connectivity index (χ0v) is 17.2. The van der Waals surface area contributed by atoms with Crippen LogP contribution in [-0.2, 0) is 19.8 Å². The largest absolute Gasteiger partial charge is 0.416 e. The molecule has 1 aromatic carbocycles. The first-order valence-corrected chi connectivity index (χ1v) is 10.1. The minimum absolute atomic E-state index is 0.0288. The third-order valence-corrected chi connectivity index (χ3v) is 6.05. The Balaban J connectivity index is 1.19. The van der Waals surface area contributed by atoms with Crippen molar-refractivity contribution in [2.45, 2.75) is 18.6 Å². The maximum atomic E-state index is 13.0. The van der Waals surface area contributed by atoms with Crippen LogP contribution >= 0.6 is 0 Å². The molecule has 2 aliphatic rings. The van der Waals surface area contributed by atoms with E-state index in [1.807, 2.05) is 6.20 Å². The van der Waals surface area contributed by atoms with Crippen LogP contribution in [0.4, 0.5) is 18.9 Å². The molecule has 3 aromatic heterocycles. The maximum absolute atomic E-state index is 13.0. The lowest BCUT2D eigenvalue weighted by Crippen LogP contribution is -2.22. The fourth-order valence-corrected chi connectivity index (χ4v) is 4.33. The summed E-state index contributed by atoms with van der Waals surface area (Å²) < 4.78 is 47.3. The van der Waals surface area contributed by atoms with E-state index < -0.39 is 11.7 Å². The van der Waals surface area contributed by atoms with Crippen molar-refractivity contribution < 1.29 is 17.7 Å². The highest BCUT2D eigenvalue weighted by Crippen LogP contribution is 2.56. The molecule has 33 heavy (non-hydrogen) atoms. The van der Waals surface area contributed by atoms with Crippen LogP contribution in [-0.4, -0.2) is 35.8 Å². The summed E-state index contributed by atoms with van der Waals surface area (Å²) in [6, 6.07) is 5.27. The van der Waals surface area contributed by atoms with E-state index >= 15 is 0 Å². The first-order chi connectivity index (χ1) is 15.8. The average molecular weight is 455 g/mol. The van der Waals surface area contributed by atoms with Gasteiger partial charge in [-0.15, -0.1) is 0 Å². The molecule has 12 heteroatoms. The topological polar surface area (TPSA) is 94.9 Å². The molecular weight excluding hydrogens is 439 g/mol. The van der Waals surface area contributed by atoms with Gasteiger partial charge in [0, 0.05) is 31.4 Å². The summed E-state index contributed by atoms with van der Waals surface area (Å²) >= 11 is 0. The first kappa shape index (κ1) is 19.7. The van der Waals surface area contributed by atoms with Crippen molar-refractivity contribution in [3.05, 3.63) is 76.3 Å². The molecule has 0 unspecified atom stereocenters. The van der Waals surface area contributed by atoms with Crippen molar-refractivity contribution in [3.63, 3.8) is 0 Å². The number of aryl methyl sites for hydroxylation is 1. The van der Waals surface area contributed by atoms with Gasteiger partial charge in [-0.25, -0.2) is 9.97 Å². The second kappa shape index (κ2) is 6.77. The molecule has 9 nitrogen and oxygen atoms in total. The first-order valence-electron chi connectivity index (χ1n) is 10.1. The summed E-state index contributed by atoms with van der Waals surface area (Å²) in [7, 11) is 1.72. The number of hydrogen-bond donors (Lipinski definition) is 0. The second-order valence-corrected chi connectivity index (χ2v) is 8.17. The van der Waals surface area contributed by atoms with Crippen LogP contribution in [0.3, 0.4) is 0 Å². The second-order valence-electron chi connectivity index (χ2n) is 8.17. The molecule has 4 aromatic rings. The lowest BCUT2D eigenvalue weighted by atomic mass is 10.1.